The maximum atomic E-state index is 3.82. The molecule has 0 spiro atoms. The lowest BCUT2D eigenvalue weighted by Crippen LogP contribution is -2.35. The van der Waals surface area contributed by atoms with E-state index in [0.29, 0.717) is 17.4 Å². The SMILES string of the molecule is CC(C)C(C)(C)CNC1c2ccccc2-c2ccccc21. The Kier molecular flexibility index (Phi) is 3.62. The molecule has 0 unspecified atom stereocenters. The van der Waals surface area contributed by atoms with Crippen molar-refractivity contribution in [1.29, 1.82) is 0 Å². The van der Waals surface area contributed by atoms with Crippen molar-refractivity contribution in [1.82, 2.24) is 5.32 Å². The predicted octanol–water partition coefficient (Wildman–Crippen LogP) is 5.03. The molecule has 0 amide bonds. The van der Waals surface area contributed by atoms with E-state index < -0.39 is 0 Å². The van der Waals surface area contributed by atoms with Crippen molar-refractivity contribution < 1.29 is 0 Å². The molecule has 0 radical (unpaired) electrons. The molecule has 0 aromatic heterocycles. The van der Waals surface area contributed by atoms with Gasteiger partial charge in [0.15, 0.2) is 0 Å². The molecular weight excluding hydrogens is 254 g/mol. The van der Waals surface area contributed by atoms with Crippen LogP contribution < -0.4 is 5.32 Å². The standard InChI is InChI=1S/C20H25N/c1-14(2)20(3,4)13-21-19-17-11-7-5-9-15(17)16-10-6-8-12-18(16)19/h5-12,14,19,21H,13H2,1-4H3. The van der Waals surface area contributed by atoms with Gasteiger partial charge in [0.2, 0.25) is 0 Å². The highest BCUT2D eigenvalue weighted by atomic mass is 14.9. The summed E-state index contributed by atoms with van der Waals surface area (Å²) in [5.41, 5.74) is 5.89. The van der Waals surface area contributed by atoms with Crippen molar-refractivity contribution in [3.8, 4) is 11.1 Å². The fraction of sp³-hybridized carbons (Fsp3) is 0.400. The molecule has 0 heterocycles. The third-order valence-corrected chi connectivity index (χ3v) is 5.16. The van der Waals surface area contributed by atoms with Crippen molar-refractivity contribution in [3.05, 3.63) is 59.7 Å². The van der Waals surface area contributed by atoms with Gasteiger partial charge in [0.1, 0.15) is 0 Å². The molecule has 1 aliphatic carbocycles. The van der Waals surface area contributed by atoms with Crippen LogP contribution in [0.2, 0.25) is 0 Å². The zero-order valence-corrected chi connectivity index (χ0v) is 13.5. The number of benzene rings is 2. The number of nitrogens with one attached hydrogen (secondary N) is 1. The molecule has 1 nitrogen and oxygen atoms in total. The first kappa shape index (κ1) is 14.3. The normalized spacial score (nSPS) is 14.3. The Labute approximate surface area is 128 Å². The third kappa shape index (κ3) is 2.51. The van der Waals surface area contributed by atoms with Crippen molar-refractivity contribution >= 4 is 0 Å². The summed E-state index contributed by atoms with van der Waals surface area (Å²) in [5.74, 6) is 0.664. The molecule has 0 bridgehead atoms. The zero-order valence-electron chi connectivity index (χ0n) is 13.5. The summed E-state index contributed by atoms with van der Waals surface area (Å²) in [6, 6.07) is 17.9. The van der Waals surface area contributed by atoms with Gasteiger partial charge in [-0.15, -0.1) is 0 Å². The molecule has 1 aliphatic rings. The molecule has 1 N–H and O–H groups in total. The summed E-state index contributed by atoms with van der Waals surface area (Å²) in [7, 11) is 0. The number of fused-ring (bicyclic) bond motifs is 3. The fourth-order valence-electron chi connectivity index (χ4n) is 2.94. The molecule has 0 saturated heterocycles. The summed E-state index contributed by atoms with van der Waals surface area (Å²) in [6.07, 6.45) is 0. The molecule has 0 atom stereocenters. The Balaban J connectivity index is 1.92. The van der Waals surface area contributed by atoms with Gasteiger partial charge in [-0.2, -0.15) is 0 Å². The van der Waals surface area contributed by atoms with Gasteiger partial charge in [0.25, 0.3) is 0 Å². The van der Waals surface area contributed by atoms with E-state index in [-0.39, 0.29) is 0 Å². The Morgan fingerprint density at radius 3 is 1.86 bits per heavy atom. The Morgan fingerprint density at radius 1 is 0.905 bits per heavy atom. The maximum absolute atomic E-state index is 3.82. The van der Waals surface area contributed by atoms with E-state index in [4.69, 9.17) is 0 Å². The minimum atomic E-state index is 0.298. The fourth-order valence-corrected chi connectivity index (χ4v) is 2.94. The Morgan fingerprint density at radius 2 is 1.38 bits per heavy atom. The lowest BCUT2D eigenvalue weighted by Gasteiger charge is -2.31. The number of hydrogen-bond acceptors (Lipinski definition) is 1. The van der Waals surface area contributed by atoms with Gasteiger partial charge >= 0.3 is 0 Å². The van der Waals surface area contributed by atoms with Gasteiger partial charge in [0.05, 0.1) is 6.04 Å². The van der Waals surface area contributed by atoms with Gasteiger partial charge in [-0.3, -0.25) is 0 Å². The maximum Gasteiger partial charge on any atom is 0.0589 e. The van der Waals surface area contributed by atoms with Crippen molar-refractivity contribution in [2.24, 2.45) is 11.3 Å². The first-order valence-corrected chi connectivity index (χ1v) is 7.92. The molecule has 0 aliphatic heterocycles. The summed E-state index contributed by atoms with van der Waals surface area (Å²) in [4.78, 5) is 0. The molecule has 0 fully saturated rings. The van der Waals surface area contributed by atoms with Gasteiger partial charge in [-0.05, 0) is 33.6 Å². The average Bonchev–Trinajstić information content (AvgIpc) is 2.79. The van der Waals surface area contributed by atoms with Gasteiger partial charge in [0, 0.05) is 6.54 Å². The molecule has 1 heteroatoms. The highest BCUT2D eigenvalue weighted by Crippen LogP contribution is 2.43. The second-order valence-corrected chi connectivity index (χ2v) is 7.13. The van der Waals surface area contributed by atoms with Crippen LogP contribution in [0, 0.1) is 11.3 Å². The zero-order chi connectivity index (χ0) is 15.0. The van der Waals surface area contributed by atoms with Crippen LogP contribution in [0.5, 0.6) is 0 Å². The highest BCUT2D eigenvalue weighted by molar-refractivity contribution is 5.78. The van der Waals surface area contributed by atoms with Crippen LogP contribution in [-0.2, 0) is 0 Å². The largest absolute Gasteiger partial charge is 0.306 e. The van der Waals surface area contributed by atoms with Crippen LogP contribution in [0.3, 0.4) is 0 Å². The molecule has 110 valence electrons. The minimum Gasteiger partial charge on any atom is -0.306 e. The first-order valence-electron chi connectivity index (χ1n) is 7.92. The van der Waals surface area contributed by atoms with Gasteiger partial charge in [-0.25, -0.2) is 0 Å². The molecule has 2 aromatic carbocycles. The van der Waals surface area contributed by atoms with Crippen LogP contribution >= 0.6 is 0 Å². The molecule has 3 rings (SSSR count). The number of rotatable bonds is 4. The van der Waals surface area contributed by atoms with E-state index in [1.807, 2.05) is 0 Å². The van der Waals surface area contributed by atoms with E-state index in [1.54, 1.807) is 0 Å². The van der Waals surface area contributed by atoms with Crippen molar-refractivity contribution in [2.75, 3.05) is 6.54 Å². The molecule has 2 aromatic rings. The molecule has 21 heavy (non-hydrogen) atoms. The summed E-state index contributed by atoms with van der Waals surface area (Å²) in [5, 5.41) is 3.82. The van der Waals surface area contributed by atoms with E-state index in [1.165, 1.54) is 22.3 Å². The average molecular weight is 279 g/mol. The van der Waals surface area contributed by atoms with E-state index in [9.17, 15) is 0 Å². The monoisotopic (exact) mass is 279 g/mol. The van der Waals surface area contributed by atoms with Gasteiger partial charge in [-0.1, -0.05) is 76.2 Å². The lowest BCUT2D eigenvalue weighted by atomic mass is 9.81. The second kappa shape index (κ2) is 5.31. The third-order valence-electron chi connectivity index (χ3n) is 5.16. The molecule has 0 saturated carbocycles. The van der Waals surface area contributed by atoms with Crippen LogP contribution in [0.25, 0.3) is 11.1 Å². The van der Waals surface area contributed by atoms with Gasteiger partial charge < -0.3 is 5.32 Å². The first-order chi connectivity index (χ1) is 10.0. The van der Waals surface area contributed by atoms with E-state index in [0.717, 1.165) is 6.54 Å². The van der Waals surface area contributed by atoms with Crippen molar-refractivity contribution in [3.63, 3.8) is 0 Å². The number of hydrogen-bond donors (Lipinski definition) is 1. The summed E-state index contributed by atoms with van der Waals surface area (Å²) >= 11 is 0. The Bertz CT molecular complexity index is 594. The summed E-state index contributed by atoms with van der Waals surface area (Å²) in [6.45, 7) is 10.3. The summed E-state index contributed by atoms with van der Waals surface area (Å²) < 4.78 is 0. The highest BCUT2D eigenvalue weighted by Gasteiger charge is 2.30. The Hall–Kier alpha value is -1.60. The smallest absolute Gasteiger partial charge is 0.0589 e. The van der Waals surface area contributed by atoms with Crippen LogP contribution in [0.1, 0.15) is 44.9 Å². The minimum absolute atomic E-state index is 0.298. The van der Waals surface area contributed by atoms with E-state index in [2.05, 4.69) is 81.5 Å². The second-order valence-electron chi connectivity index (χ2n) is 7.13. The topological polar surface area (TPSA) is 12.0 Å². The van der Waals surface area contributed by atoms with Crippen molar-refractivity contribution in [2.45, 2.75) is 33.7 Å². The predicted molar refractivity (Wildman–Crippen MR) is 90.3 cm³/mol. The quantitative estimate of drug-likeness (QED) is 0.828. The van der Waals surface area contributed by atoms with Crippen LogP contribution in [0.15, 0.2) is 48.5 Å². The molecular formula is C20H25N. The van der Waals surface area contributed by atoms with Crippen LogP contribution in [-0.4, -0.2) is 6.54 Å². The van der Waals surface area contributed by atoms with E-state index >= 15 is 0 Å². The van der Waals surface area contributed by atoms with Crippen LogP contribution in [0.4, 0.5) is 0 Å². The lowest BCUT2D eigenvalue weighted by molar-refractivity contribution is 0.233.